The Morgan fingerprint density at radius 1 is 0.882 bits per heavy atom. The number of alkyl carbamates (subject to hydrolysis) is 1. The molecular weight excluding hydrogens is 555 g/mol. The van der Waals surface area contributed by atoms with Gasteiger partial charge in [0.15, 0.2) is 0 Å². The average Bonchev–Trinajstić information content (AvgIpc) is 2.56. The predicted molar refractivity (Wildman–Crippen MR) is 138 cm³/mol. The van der Waals surface area contributed by atoms with Crippen LogP contribution >= 0.6 is 22.6 Å². The Morgan fingerprint density at radius 2 is 1.38 bits per heavy atom. The molecule has 0 spiro atoms. The highest BCUT2D eigenvalue weighted by atomic mass is 127. The molecule has 34 heavy (non-hydrogen) atoms. The molecule has 2 atom stereocenters. The number of aliphatic hydroxyl groups excluding tert-OH is 1. The van der Waals surface area contributed by atoms with Gasteiger partial charge in [0.1, 0.15) is 22.8 Å². The van der Waals surface area contributed by atoms with Crippen LogP contribution in [-0.2, 0) is 19.0 Å². The van der Waals surface area contributed by atoms with Crippen LogP contribution in [0.5, 0.6) is 0 Å². The summed E-state index contributed by atoms with van der Waals surface area (Å²) in [6.07, 6.45) is -2.93. The maximum Gasteiger partial charge on any atom is 0.412 e. The van der Waals surface area contributed by atoms with Gasteiger partial charge in [0.2, 0.25) is 0 Å². The van der Waals surface area contributed by atoms with Crippen molar-refractivity contribution < 1.29 is 33.7 Å². The number of aliphatic hydroxyl groups is 1. The van der Waals surface area contributed by atoms with E-state index in [4.69, 9.17) is 14.2 Å². The number of esters is 1. The highest BCUT2D eigenvalue weighted by molar-refractivity contribution is 14.1. The number of amides is 2. The van der Waals surface area contributed by atoms with Crippen LogP contribution in [0.2, 0.25) is 0 Å². The van der Waals surface area contributed by atoms with Gasteiger partial charge >= 0.3 is 18.2 Å². The summed E-state index contributed by atoms with van der Waals surface area (Å²) in [5, 5.41) is 16.1. The minimum absolute atomic E-state index is 0.211. The van der Waals surface area contributed by atoms with Gasteiger partial charge in [0, 0.05) is 15.6 Å². The van der Waals surface area contributed by atoms with Crippen LogP contribution in [0.25, 0.3) is 0 Å². The summed E-state index contributed by atoms with van der Waals surface area (Å²) in [5.41, 5.74) is -1.60. The second kappa shape index (κ2) is 11.6. The summed E-state index contributed by atoms with van der Waals surface area (Å²) in [4.78, 5) is 37.5. The van der Waals surface area contributed by atoms with Gasteiger partial charge in [-0.2, -0.15) is 0 Å². The van der Waals surface area contributed by atoms with E-state index in [-0.39, 0.29) is 6.42 Å². The molecule has 192 valence electrons. The Kier molecular flexibility index (Phi) is 10.2. The normalized spacial score (nSPS) is 14.0. The molecule has 0 heterocycles. The third-order valence-corrected chi connectivity index (χ3v) is 4.52. The van der Waals surface area contributed by atoms with Gasteiger partial charge in [-0.05, 0) is 97.0 Å². The zero-order valence-electron chi connectivity index (χ0n) is 21.4. The molecule has 0 saturated heterocycles. The molecule has 0 aliphatic rings. The average molecular weight is 592 g/mol. The topological polar surface area (TPSA) is 123 Å². The molecule has 3 N–H and O–H groups in total. The highest BCUT2D eigenvalue weighted by Gasteiger charge is 2.32. The molecule has 0 aliphatic carbocycles. The van der Waals surface area contributed by atoms with Gasteiger partial charge in [-0.15, -0.1) is 0 Å². The number of benzene rings is 1. The first kappa shape index (κ1) is 30.0. The van der Waals surface area contributed by atoms with Crippen molar-refractivity contribution in [2.45, 2.75) is 97.7 Å². The molecule has 1 rings (SSSR count). The van der Waals surface area contributed by atoms with E-state index in [9.17, 15) is 19.5 Å². The van der Waals surface area contributed by atoms with Crippen LogP contribution in [0.3, 0.4) is 0 Å². The summed E-state index contributed by atoms with van der Waals surface area (Å²) in [6.45, 7) is 15.4. The summed E-state index contributed by atoms with van der Waals surface area (Å²) in [7, 11) is 0. The quantitative estimate of drug-likeness (QED) is 0.233. The van der Waals surface area contributed by atoms with Crippen molar-refractivity contribution in [3.05, 3.63) is 27.3 Å². The fraction of sp³-hybridized carbons (Fsp3) is 0.625. The molecule has 0 aliphatic heterocycles. The van der Waals surface area contributed by atoms with Crippen LogP contribution in [0.1, 0.15) is 80.4 Å². The molecule has 9 nitrogen and oxygen atoms in total. The van der Waals surface area contributed by atoms with Gasteiger partial charge in [-0.25, -0.2) is 14.4 Å². The van der Waals surface area contributed by atoms with Crippen molar-refractivity contribution in [1.29, 1.82) is 0 Å². The number of carbonyl (C=O) groups excluding carboxylic acids is 3. The Hall–Kier alpha value is -2.08. The molecule has 0 saturated carbocycles. The molecule has 1 aromatic carbocycles. The highest BCUT2D eigenvalue weighted by Crippen LogP contribution is 2.29. The van der Waals surface area contributed by atoms with Crippen molar-refractivity contribution >= 4 is 46.4 Å². The SMILES string of the molecule is CC(C)(C)OC(=O)Nc1cc(I)ccc1C(O)C[C@H](NC(=O)OC(C)(C)C)C(=O)OC(C)(C)C. The van der Waals surface area contributed by atoms with Crippen LogP contribution in [0, 0.1) is 3.57 Å². The van der Waals surface area contributed by atoms with Crippen molar-refractivity contribution in [2.24, 2.45) is 0 Å². The van der Waals surface area contributed by atoms with E-state index in [2.05, 4.69) is 33.2 Å². The number of nitrogens with one attached hydrogen (secondary N) is 2. The Labute approximate surface area is 215 Å². The van der Waals surface area contributed by atoms with Gasteiger partial charge in [-0.3, -0.25) is 5.32 Å². The van der Waals surface area contributed by atoms with Gasteiger partial charge < -0.3 is 24.6 Å². The molecule has 10 heteroatoms. The van der Waals surface area contributed by atoms with E-state index in [1.54, 1.807) is 80.5 Å². The van der Waals surface area contributed by atoms with E-state index < -0.39 is 47.1 Å². The predicted octanol–water partition coefficient (Wildman–Crippen LogP) is 5.30. The Bertz CT molecular complexity index is 883. The smallest absolute Gasteiger partial charge is 0.412 e. The van der Waals surface area contributed by atoms with Gasteiger partial charge in [0.25, 0.3) is 0 Å². The Morgan fingerprint density at radius 3 is 1.88 bits per heavy atom. The van der Waals surface area contributed by atoms with E-state index in [1.165, 1.54) is 0 Å². The van der Waals surface area contributed by atoms with E-state index in [1.807, 2.05) is 0 Å². The van der Waals surface area contributed by atoms with Gasteiger partial charge in [0.05, 0.1) is 11.8 Å². The third kappa shape index (κ3) is 11.9. The second-order valence-corrected chi connectivity index (χ2v) is 12.1. The maximum absolute atomic E-state index is 12.8. The number of halogens is 1. The number of anilines is 1. The largest absolute Gasteiger partial charge is 0.458 e. The van der Waals surface area contributed by atoms with Crippen LogP contribution in [0.4, 0.5) is 15.3 Å². The van der Waals surface area contributed by atoms with Crippen LogP contribution < -0.4 is 10.6 Å². The van der Waals surface area contributed by atoms with E-state index in [0.717, 1.165) is 3.57 Å². The number of ether oxygens (including phenoxy) is 3. The zero-order valence-corrected chi connectivity index (χ0v) is 23.5. The van der Waals surface area contributed by atoms with Crippen LogP contribution in [0.15, 0.2) is 18.2 Å². The van der Waals surface area contributed by atoms with E-state index in [0.29, 0.717) is 11.3 Å². The van der Waals surface area contributed by atoms with Crippen molar-refractivity contribution in [3.8, 4) is 0 Å². The fourth-order valence-corrected chi connectivity index (χ4v) is 3.22. The lowest BCUT2D eigenvalue weighted by Gasteiger charge is -2.28. The zero-order chi connectivity index (χ0) is 26.5. The molecule has 1 unspecified atom stereocenters. The van der Waals surface area contributed by atoms with Crippen LogP contribution in [-0.4, -0.2) is 46.1 Å². The lowest BCUT2D eigenvalue weighted by Crippen LogP contribution is -2.46. The molecule has 0 radical (unpaired) electrons. The standard InChI is InChI=1S/C24H37IN2O7/c1-22(2,3)32-19(29)17(27-21(31)34-24(7,8)9)13-18(28)15-11-10-14(25)12-16(15)26-20(30)33-23(4,5)6/h10-12,17-18,28H,13H2,1-9H3,(H,26,30)(H,27,31)/t17-,18?/m0/s1. The summed E-state index contributed by atoms with van der Waals surface area (Å²) < 4.78 is 16.8. The summed E-state index contributed by atoms with van der Waals surface area (Å²) >= 11 is 2.08. The first-order valence-corrected chi connectivity index (χ1v) is 12.0. The molecule has 0 bridgehead atoms. The number of hydrogen-bond donors (Lipinski definition) is 3. The van der Waals surface area contributed by atoms with Crippen molar-refractivity contribution in [3.63, 3.8) is 0 Å². The molecule has 0 fully saturated rings. The maximum atomic E-state index is 12.8. The van der Waals surface area contributed by atoms with Crippen molar-refractivity contribution in [2.75, 3.05) is 5.32 Å². The van der Waals surface area contributed by atoms with E-state index >= 15 is 0 Å². The molecule has 1 aromatic rings. The first-order valence-electron chi connectivity index (χ1n) is 11.0. The number of carbonyl (C=O) groups is 3. The summed E-state index contributed by atoms with van der Waals surface area (Å²) in [6, 6.07) is 3.87. The lowest BCUT2D eigenvalue weighted by molar-refractivity contribution is -0.158. The molecule has 2 amide bonds. The fourth-order valence-electron chi connectivity index (χ4n) is 2.73. The summed E-state index contributed by atoms with van der Waals surface area (Å²) in [5.74, 6) is -0.718. The van der Waals surface area contributed by atoms with Gasteiger partial charge in [-0.1, -0.05) is 6.07 Å². The monoisotopic (exact) mass is 592 g/mol. The van der Waals surface area contributed by atoms with Crippen molar-refractivity contribution in [1.82, 2.24) is 5.32 Å². The lowest BCUT2D eigenvalue weighted by atomic mass is 10.00. The number of rotatable bonds is 6. The molecule has 0 aromatic heterocycles. The second-order valence-electron chi connectivity index (χ2n) is 10.8. The third-order valence-electron chi connectivity index (χ3n) is 3.85. The first-order chi connectivity index (χ1) is 15.3. The minimum atomic E-state index is -1.23. The minimum Gasteiger partial charge on any atom is -0.458 e. The Balaban J connectivity index is 3.17. The number of hydrogen-bond acceptors (Lipinski definition) is 7. The molecular formula is C24H37IN2O7.